The van der Waals surface area contributed by atoms with Gasteiger partial charge in [0.2, 0.25) is 11.8 Å². The summed E-state index contributed by atoms with van der Waals surface area (Å²) in [6.07, 6.45) is 0.948. The van der Waals surface area contributed by atoms with Gasteiger partial charge in [-0.15, -0.1) is 0 Å². The number of hydrogen-bond donors (Lipinski definition) is 1. The average Bonchev–Trinajstić information content (AvgIpc) is 2.17. The van der Waals surface area contributed by atoms with Crippen LogP contribution in [0.2, 0.25) is 0 Å². The molecule has 0 bridgehead atoms. The number of nitrogens with zero attached hydrogens (tertiary/aromatic N) is 2. The summed E-state index contributed by atoms with van der Waals surface area (Å²) in [6.45, 7) is 0. The second-order valence-electron chi connectivity index (χ2n) is 2.72. The summed E-state index contributed by atoms with van der Waals surface area (Å²) >= 11 is 0. The highest BCUT2D eigenvalue weighted by molar-refractivity contribution is 5.89. The summed E-state index contributed by atoms with van der Waals surface area (Å²) in [4.78, 5) is 0. The molecule has 0 fully saturated rings. The van der Waals surface area contributed by atoms with Crippen LogP contribution in [0.3, 0.4) is 0 Å². The summed E-state index contributed by atoms with van der Waals surface area (Å²) in [7, 11) is 0. The highest BCUT2D eigenvalue weighted by Crippen LogP contribution is 2.12. The lowest BCUT2D eigenvalue weighted by Crippen LogP contribution is -2.30. The SMILES string of the molecule is FC1=CC(Oc2ccccc2)=NN(F)N1. The van der Waals surface area contributed by atoms with Gasteiger partial charge in [-0.1, -0.05) is 27.8 Å². The Kier molecular flexibility index (Phi) is 2.49. The van der Waals surface area contributed by atoms with Gasteiger partial charge in [0.15, 0.2) is 0 Å². The van der Waals surface area contributed by atoms with Gasteiger partial charge < -0.3 is 4.74 Å². The van der Waals surface area contributed by atoms with Gasteiger partial charge in [-0.3, -0.25) is 0 Å². The van der Waals surface area contributed by atoms with Crippen LogP contribution in [0.1, 0.15) is 0 Å². The molecule has 4 nitrogen and oxygen atoms in total. The van der Waals surface area contributed by atoms with Crippen molar-refractivity contribution >= 4 is 5.90 Å². The predicted molar refractivity (Wildman–Crippen MR) is 49.8 cm³/mol. The van der Waals surface area contributed by atoms with Crippen LogP contribution in [-0.4, -0.2) is 11.2 Å². The molecule has 0 saturated carbocycles. The van der Waals surface area contributed by atoms with Crippen molar-refractivity contribution in [3.05, 3.63) is 42.4 Å². The van der Waals surface area contributed by atoms with Crippen LogP contribution < -0.4 is 10.2 Å². The van der Waals surface area contributed by atoms with E-state index in [-0.39, 0.29) is 11.2 Å². The molecule has 0 atom stereocenters. The van der Waals surface area contributed by atoms with E-state index in [0.29, 0.717) is 5.75 Å². The minimum absolute atomic E-state index is 0.167. The molecule has 0 aromatic heterocycles. The zero-order valence-electron chi connectivity index (χ0n) is 7.52. The number of hydrazine groups is 1. The first-order valence-electron chi connectivity index (χ1n) is 4.15. The molecular formula is C9H7F2N3O. The maximum Gasteiger partial charge on any atom is 0.245 e. The molecule has 0 spiro atoms. The van der Waals surface area contributed by atoms with Crippen LogP contribution in [0.4, 0.5) is 8.87 Å². The fraction of sp³-hybridized carbons (Fsp3) is 0. The van der Waals surface area contributed by atoms with Gasteiger partial charge in [0.25, 0.3) is 0 Å². The molecule has 0 saturated heterocycles. The summed E-state index contributed by atoms with van der Waals surface area (Å²) in [5, 5.41) is 3.01. The van der Waals surface area contributed by atoms with Crippen molar-refractivity contribution in [2.24, 2.45) is 5.10 Å². The molecule has 1 aliphatic rings. The number of para-hydroxylation sites is 1. The van der Waals surface area contributed by atoms with E-state index in [2.05, 4.69) is 5.10 Å². The van der Waals surface area contributed by atoms with E-state index in [1.165, 1.54) is 0 Å². The molecule has 15 heavy (non-hydrogen) atoms. The first kappa shape index (κ1) is 9.45. The number of ether oxygens (including phenoxy) is 1. The quantitative estimate of drug-likeness (QED) is 0.569. The highest BCUT2D eigenvalue weighted by Gasteiger charge is 2.13. The summed E-state index contributed by atoms with van der Waals surface area (Å²) < 4.78 is 30.4. The van der Waals surface area contributed by atoms with Gasteiger partial charge in [-0.2, -0.15) is 4.39 Å². The Morgan fingerprint density at radius 3 is 2.67 bits per heavy atom. The molecule has 0 amide bonds. The van der Waals surface area contributed by atoms with Crippen LogP contribution in [0, 0.1) is 0 Å². The molecule has 0 unspecified atom stereocenters. The third kappa shape index (κ3) is 2.43. The standard InChI is InChI=1S/C9H7F2N3O/c10-8-6-9(13-14(11)12-8)15-7-4-2-1-3-5-7/h1-6,12H. The second-order valence-corrected chi connectivity index (χ2v) is 2.72. The Balaban J connectivity index is 2.13. The number of rotatable bonds is 1. The summed E-state index contributed by atoms with van der Waals surface area (Å²) in [6, 6.07) is 8.58. The maximum absolute atomic E-state index is 12.7. The van der Waals surface area contributed by atoms with Gasteiger partial charge in [-0.05, 0) is 17.5 Å². The summed E-state index contributed by atoms with van der Waals surface area (Å²) in [5.74, 6) is -0.589. The number of hydrazone groups is 1. The Hall–Kier alpha value is -2.11. The van der Waals surface area contributed by atoms with Crippen LogP contribution in [0.5, 0.6) is 5.75 Å². The Morgan fingerprint density at radius 1 is 1.27 bits per heavy atom. The fourth-order valence-corrected chi connectivity index (χ4v) is 1.03. The molecule has 0 aliphatic carbocycles. The van der Waals surface area contributed by atoms with E-state index in [0.717, 1.165) is 6.08 Å². The zero-order chi connectivity index (χ0) is 10.7. The van der Waals surface area contributed by atoms with Crippen molar-refractivity contribution < 1.29 is 13.6 Å². The van der Waals surface area contributed by atoms with Gasteiger partial charge in [0.05, 0.1) is 6.08 Å². The smallest absolute Gasteiger partial charge is 0.245 e. The lowest BCUT2D eigenvalue weighted by Gasteiger charge is -2.14. The van der Waals surface area contributed by atoms with E-state index >= 15 is 0 Å². The fourth-order valence-electron chi connectivity index (χ4n) is 1.03. The average molecular weight is 211 g/mol. The van der Waals surface area contributed by atoms with Crippen molar-refractivity contribution in [2.45, 2.75) is 0 Å². The Bertz CT molecular complexity index is 405. The van der Waals surface area contributed by atoms with Crippen LogP contribution in [0.15, 0.2) is 47.5 Å². The number of halogens is 2. The van der Waals surface area contributed by atoms with Crippen molar-refractivity contribution in [2.75, 3.05) is 0 Å². The van der Waals surface area contributed by atoms with Crippen LogP contribution in [0.25, 0.3) is 0 Å². The van der Waals surface area contributed by atoms with Gasteiger partial charge in [-0.25, -0.2) is 5.43 Å². The molecule has 1 aliphatic heterocycles. The number of benzene rings is 1. The molecule has 0 radical (unpaired) electrons. The zero-order valence-corrected chi connectivity index (χ0v) is 7.52. The number of nitrogens with one attached hydrogen (secondary N) is 1. The lowest BCUT2D eigenvalue weighted by atomic mass is 10.3. The van der Waals surface area contributed by atoms with Crippen molar-refractivity contribution in [3.63, 3.8) is 0 Å². The summed E-state index contributed by atoms with van der Waals surface area (Å²) in [5.41, 5.74) is 1.69. The first-order chi connectivity index (χ1) is 7.24. The Morgan fingerprint density at radius 2 is 2.00 bits per heavy atom. The normalized spacial score (nSPS) is 15.2. The van der Waals surface area contributed by atoms with Gasteiger partial charge in [0.1, 0.15) is 5.75 Å². The van der Waals surface area contributed by atoms with E-state index in [4.69, 9.17) is 4.74 Å². The van der Waals surface area contributed by atoms with Crippen LogP contribution >= 0.6 is 0 Å². The predicted octanol–water partition coefficient (Wildman–Crippen LogP) is 1.89. The van der Waals surface area contributed by atoms with E-state index < -0.39 is 5.95 Å². The maximum atomic E-state index is 12.7. The minimum atomic E-state index is -0.876. The monoisotopic (exact) mass is 211 g/mol. The third-order valence-electron chi connectivity index (χ3n) is 1.60. The minimum Gasteiger partial charge on any atom is -0.437 e. The molecule has 78 valence electrons. The first-order valence-corrected chi connectivity index (χ1v) is 4.15. The van der Waals surface area contributed by atoms with Crippen molar-refractivity contribution in [1.82, 2.24) is 10.8 Å². The second kappa shape index (κ2) is 3.95. The third-order valence-corrected chi connectivity index (χ3v) is 1.60. The van der Waals surface area contributed by atoms with Gasteiger partial charge in [0, 0.05) is 0 Å². The lowest BCUT2D eigenvalue weighted by molar-refractivity contribution is -0.0297. The van der Waals surface area contributed by atoms with Crippen LogP contribution in [-0.2, 0) is 0 Å². The van der Waals surface area contributed by atoms with E-state index in [1.54, 1.807) is 35.8 Å². The molecule has 2 rings (SSSR count). The number of hydrogen-bond acceptors (Lipinski definition) is 4. The molecule has 1 N–H and O–H groups in total. The molecular weight excluding hydrogens is 204 g/mol. The van der Waals surface area contributed by atoms with Crippen molar-refractivity contribution in [3.8, 4) is 5.75 Å². The highest BCUT2D eigenvalue weighted by atomic mass is 19.2. The molecule has 1 heterocycles. The van der Waals surface area contributed by atoms with Gasteiger partial charge >= 0.3 is 0 Å². The largest absolute Gasteiger partial charge is 0.437 e. The molecule has 6 heteroatoms. The molecule has 1 aromatic carbocycles. The van der Waals surface area contributed by atoms with E-state index in [1.807, 2.05) is 0 Å². The molecule has 1 aromatic rings. The topological polar surface area (TPSA) is 36.9 Å². The van der Waals surface area contributed by atoms with Crippen molar-refractivity contribution in [1.29, 1.82) is 0 Å². The Labute approximate surface area is 84.4 Å². The van der Waals surface area contributed by atoms with E-state index in [9.17, 15) is 8.87 Å².